The monoisotopic (exact) mass is 319 g/mol. The van der Waals surface area contributed by atoms with E-state index in [4.69, 9.17) is 17.3 Å². The fraction of sp³-hybridized carbons (Fsp3) is 0.471. The van der Waals surface area contributed by atoms with Crippen LogP contribution in [0.2, 0.25) is 5.15 Å². The smallest absolute Gasteiger partial charge is 0.134 e. The topological polar surface area (TPSA) is 74.9 Å². The summed E-state index contributed by atoms with van der Waals surface area (Å²) in [5.41, 5.74) is 8.05. The maximum absolute atomic E-state index is 9.58. The Morgan fingerprint density at radius 2 is 1.91 bits per heavy atom. The number of imidazole rings is 1. The van der Waals surface area contributed by atoms with Crippen molar-refractivity contribution in [1.82, 2.24) is 9.97 Å². The lowest BCUT2D eigenvalue weighted by molar-refractivity contribution is 0.104. The van der Waals surface area contributed by atoms with E-state index in [1.807, 2.05) is 30.3 Å². The maximum Gasteiger partial charge on any atom is 0.134 e. The summed E-state index contributed by atoms with van der Waals surface area (Å²) in [6.45, 7) is 0. The molecule has 1 aliphatic carbocycles. The van der Waals surface area contributed by atoms with Crippen LogP contribution < -0.4 is 5.73 Å². The Labute approximate surface area is 135 Å². The van der Waals surface area contributed by atoms with Gasteiger partial charge in [0.2, 0.25) is 0 Å². The highest BCUT2D eigenvalue weighted by atomic mass is 35.5. The first-order valence-corrected chi connectivity index (χ1v) is 8.25. The van der Waals surface area contributed by atoms with Crippen LogP contribution in [0, 0.1) is 5.92 Å². The predicted octanol–water partition coefficient (Wildman–Crippen LogP) is 3.67. The lowest BCUT2D eigenvalue weighted by Gasteiger charge is -2.26. The maximum atomic E-state index is 9.58. The number of hydrogen-bond acceptors (Lipinski definition) is 3. The van der Waals surface area contributed by atoms with Gasteiger partial charge in [-0.3, -0.25) is 0 Å². The number of nitrogens with zero attached hydrogens (tertiary/aromatic N) is 1. The number of aromatic amines is 1. The van der Waals surface area contributed by atoms with Crippen LogP contribution in [0.5, 0.6) is 0 Å². The molecule has 1 atom stereocenters. The van der Waals surface area contributed by atoms with Crippen molar-refractivity contribution in [2.45, 2.75) is 44.2 Å². The molecule has 1 saturated carbocycles. The van der Waals surface area contributed by atoms with Crippen molar-refractivity contribution in [3.63, 3.8) is 0 Å². The van der Waals surface area contributed by atoms with Crippen LogP contribution in [-0.2, 0) is 0 Å². The lowest BCUT2D eigenvalue weighted by atomic mass is 9.83. The fourth-order valence-electron chi connectivity index (χ4n) is 3.18. The number of nitrogens with one attached hydrogen (secondary N) is 1. The van der Waals surface area contributed by atoms with Gasteiger partial charge in [-0.15, -0.1) is 0 Å². The van der Waals surface area contributed by atoms with Crippen molar-refractivity contribution < 1.29 is 5.11 Å². The summed E-state index contributed by atoms with van der Waals surface area (Å²) >= 11 is 6.28. The quantitative estimate of drug-likeness (QED) is 0.804. The number of rotatable bonds is 4. The van der Waals surface area contributed by atoms with Crippen LogP contribution in [-0.4, -0.2) is 21.2 Å². The zero-order valence-electron chi connectivity index (χ0n) is 12.5. The van der Waals surface area contributed by atoms with E-state index >= 15 is 0 Å². The Balaban J connectivity index is 1.70. The molecule has 0 aliphatic heterocycles. The van der Waals surface area contributed by atoms with Gasteiger partial charge in [0.25, 0.3) is 0 Å². The zero-order chi connectivity index (χ0) is 15.5. The second-order valence-electron chi connectivity index (χ2n) is 6.17. The Bertz CT molecular complexity index is 606. The van der Waals surface area contributed by atoms with Gasteiger partial charge in [-0.2, -0.15) is 0 Å². The average molecular weight is 320 g/mol. The first-order chi connectivity index (χ1) is 10.6. The van der Waals surface area contributed by atoms with Crippen LogP contribution >= 0.6 is 11.6 Å². The molecule has 0 spiro atoms. The number of benzene rings is 1. The van der Waals surface area contributed by atoms with Gasteiger partial charge >= 0.3 is 0 Å². The zero-order valence-corrected chi connectivity index (χ0v) is 13.3. The second-order valence-corrected chi connectivity index (χ2v) is 6.55. The molecule has 22 heavy (non-hydrogen) atoms. The largest absolute Gasteiger partial charge is 0.393 e. The molecule has 0 bridgehead atoms. The molecule has 0 saturated heterocycles. The second kappa shape index (κ2) is 6.82. The highest BCUT2D eigenvalue weighted by Gasteiger charge is 2.24. The molecule has 3 rings (SSSR count). The normalized spacial score (nSPS) is 23.4. The van der Waals surface area contributed by atoms with E-state index in [1.165, 1.54) is 0 Å². The number of H-pyrrole nitrogens is 1. The van der Waals surface area contributed by atoms with Crippen molar-refractivity contribution in [3.8, 4) is 11.3 Å². The van der Waals surface area contributed by atoms with Gasteiger partial charge in [-0.1, -0.05) is 41.9 Å². The van der Waals surface area contributed by atoms with E-state index in [-0.39, 0.29) is 12.1 Å². The molecule has 0 unspecified atom stereocenters. The molecule has 1 heterocycles. The van der Waals surface area contributed by atoms with E-state index < -0.39 is 0 Å². The van der Waals surface area contributed by atoms with Crippen molar-refractivity contribution in [3.05, 3.63) is 41.3 Å². The predicted molar refractivity (Wildman–Crippen MR) is 88.5 cm³/mol. The van der Waals surface area contributed by atoms with Crippen molar-refractivity contribution >= 4 is 11.6 Å². The molecular weight excluding hydrogens is 298 g/mol. The van der Waals surface area contributed by atoms with Crippen LogP contribution in [0.15, 0.2) is 30.3 Å². The number of aliphatic hydroxyl groups excluding tert-OH is 1. The van der Waals surface area contributed by atoms with E-state index in [0.29, 0.717) is 11.1 Å². The van der Waals surface area contributed by atoms with E-state index in [9.17, 15) is 5.11 Å². The van der Waals surface area contributed by atoms with E-state index in [1.54, 1.807) is 0 Å². The van der Waals surface area contributed by atoms with Crippen LogP contribution in [0.4, 0.5) is 0 Å². The summed E-state index contributed by atoms with van der Waals surface area (Å²) in [5, 5.41) is 10.1. The highest BCUT2D eigenvalue weighted by Crippen LogP contribution is 2.32. The summed E-state index contributed by atoms with van der Waals surface area (Å²) in [4.78, 5) is 7.72. The van der Waals surface area contributed by atoms with Crippen molar-refractivity contribution in [2.24, 2.45) is 11.7 Å². The minimum Gasteiger partial charge on any atom is -0.393 e. The third-order valence-electron chi connectivity index (χ3n) is 4.48. The number of aliphatic hydroxyl groups is 1. The molecule has 2 aromatic rings. The van der Waals surface area contributed by atoms with Gasteiger partial charge in [0.1, 0.15) is 16.7 Å². The number of aromatic nitrogens is 2. The van der Waals surface area contributed by atoms with Crippen LogP contribution in [0.3, 0.4) is 0 Å². The van der Waals surface area contributed by atoms with E-state index in [2.05, 4.69) is 9.97 Å². The van der Waals surface area contributed by atoms with Gasteiger partial charge < -0.3 is 15.8 Å². The summed E-state index contributed by atoms with van der Waals surface area (Å²) in [6, 6.07) is 9.73. The fourth-order valence-corrected chi connectivity index (χ4v) is 3.43. The number of nitrogens with two attached hydrogens (primary N) is 1. The summed E-state index contributed by atoms with van der Waals surface area (Å²) in [7, 11) is 0. The standard InChI is InChI=1S/C17H22ClN3O/c18-16-15(12-4-2-1-3-5-12)20-17(21-16)14(19)10-11-6-8-13(22)9-7-11/h1-5,11,13-14,22H,6-10,19H2,(H,20,21)/t11?,13?,14-/m0/s1. The molecule has 4 nitrogen and oxygen atoms in total. The molecular formula is C17H22ClN3O. The molecule has 118 valence electrons. The lowest BCUT2D eigenvalue weighted by Crippen LogP contribution is -2.23. The summed E-state index contributed by atoms with van der Waals surface area (Å²) in [5.74, 6) is 1.30. The van der Waals surface area contributed by atoms with Gasteiger partial charge in [0.15, 0.2) is 0 Å². The molecule has 4 N–H and O–H groups in total. The highest BCUT2D eigenvalue weighted by molar-refractivity contribution is 6.31. The van der Waals surface area contributed by atoms with Gasteiger partial charge in [0, 0.05) is 5.56 Å². The molecule has 5 heteroatoms. The third kappa shape index (κ3) is 3.51. The first kappa shape index (κ1) is 15.5. The van der Waals surface area contributed by atoms with Crippen molar-refractivity contribution in [1.29, 1.82) is 0 Å². The SMILES string of the molecule is N[C@@H](CC1CCC(O)CC1)c1nc(-c2ccccc2)c(Cl)[nH]1. The van der Waals surface area contributed by atoms with Gasteiger partial charge in [-0.25, -0.2) is 4.98 Å². The molecule has 1 fully saturated rings. The minimum atomic E-state index is -0.143. The van der Waals surface area contributed by atoms with Crippen molar-refractivity contribution in [2.75, 3.05) is 0 Å². The molecule has 1 aliphatic rings. The number of halogens is 1. The first-order valence-electron chi connectivity index (χ1n) is 7.88. The Morgan fingerprint density at radius 1 is 1.23 bits per heavy atom. The average Bonchev–Trinajstić information content (AvgIpc) is 2.92. The molecule has 1 aromatic carbocycles. The molecule has 0 radical (unpaired) electrons. The Hall–Kier alpha value is -1.36. The Morgan fingerprint density at radius 3 is 2.59 bits per heavy atom. The number of hydrogen-bond donors (Lipinski definition) is 3. The van der Waals surface area contributed by atoms with Crippen LogP contribution in [0.25, 0.3) is 11.3 Å². The molecule has 1 aromatic heterocycles. The van der Waals surface area contributed by atoms with Crippen LogP contribution in [0.1, 0.15) is 44.0 Å². The van der Waals surface area contributed by atoms with E-state index in [0.717, 1.165) is 49.2 Å². The Kier molecular flexibility index (Phi) is 4.81. The third-order valence-corrected chi connectivity index (χ3v) is 4.75. The summed E-state index contributed by atoms with van der Waals surface area (Å²) in [6.07, 6.45) is 4.58. The molecule has 0 amide bonds. The van der Waals surface area contributed by atoms with Gasteiger partial charge in [-0.05, 0) is 38.0 Å². The minimum absolute atomic E-state index is 0.129. The van der Waals surface area contributed by atoms with Gasteiger partial charge in [0.05, 0.1) is 12.1 Å². The summed E-state index contributed by atoms with van der Waals surface area (Å²) < 4.78 is 0.